The monoisotopic (exact) mass is 330 g/mol. The summed E-state index contributed by atoms with van der Waals surface area (Å²) >= 11 is 0. The number of aromatic nitrogens is 2. The van der Waals surface area contributed by atoms with Crippen LogP contribution in [0.1, 0.15) is 10.4 Å². The van der Waals surface area contributed by atoms with Gasteiger partial charge in [-0.1, -0.05) is 42.5 Å². The van der Waals surface area contributed by atoms with Crippen molar-refractivity contribution in [2.75, 3.05) is 0 Å². The zero-order valence-corrected chi connectivity index (χ0v) is 12.7. The van der Waals surface area contributed by atoms with E-state index in [0.717, 1.165) is 16.6 Å². The van der Waals surface area contributed by atoms with Gasteiger partial charge in [0.15, 0.2) is 17.6 Å². The first-order valence-electron chi connectivity index (χ1n) is 6.27. The SMILES string of the molecule is C[n+]1cn(CC(=O)c2ccccc2)c2ccccc21.[Br-]. The van der Waals surface area contributed by atoms with Gasteiger partial charge in [0.2, 0.25) is 12.1 Å². The van der Waals surface area contributed by atoms with Crippen LogP contribution < -0.4 is 21.5 Å². The lowest BCUT2D eigenvalue weighted by Gasteiger charge is -1.98. The second-order valence-electron chi connectivity index (χ2n) is 4.63. The van der Waals surface area contributed by atoms with Crippen molar-refractivity contribution >= 4 is 16.8 Å². The van der Waals surface area contributed by atoms with Gasteiger partial charge < -0.3 is 17.0 Å². The number of nitrogens with zero attached hydrogens (tertiary/aromatic N) is 2. The van der Waals surface area contributed by atoms with Crippen molar-refractivity contribution in [3.05, 3.63) is 66.5 Å². The first-order chi connectivity index (χ1) is 9.25. The van der Waals surface area contributed by atoms with Crippen LogP contribution in [0.25, 0.3) is 11.0 Å². The van der Waals surface area contributed by atoms with Crippen molar-refractivity contribution < 1.29 is 26.3 Å². The molecule has 0 fully saturated rings. The molecule has 0 spiro atoms. The van der Waals surface area contributed by atoms with Gasteiger partial charge in [-0.05, 0) is 12.1 Å². The average molecular weight is 331 g/mol. The molecule has 4 heteroatoms. The second kappa shape index (κ2) is 6.01. The molecule has 0 aliphatic rings. The highest BCUT2D eigenvalue weighted by molar-refractivity contribution is 5.96. The number of hydrogen-bond donors (Lipinski definition) is 0. The molecule has 0 N–H and O–H groups in total. The van der Waals surface area contributed by atoms with Crippen molar-refractivity contribution in [2.45, 2.75) is 6.54 Å². The highest BCUT2D eigenvalue weighted by atomic mass is 79.9. The molecule has 1 heterocycles. The van der Waals surface area contributed by atoms with Gasteiger partial charge in [0.25, 0.3) is 0 Å². The lowest BCUT2D eigenvalue weighted by atomic mass is 10.1. The van der Waals surface area contributed by atoms with Crippen molar-refractivity contribution in [1.82, 2.24) is 4.57 Å². The maximum absolute atomic E-state index is 12.2. The summed E-state index contributed by atoms with van der Waals surface area (Å²) in [5.41, 5.74) is 2.96. The first kappa shape index (κ1) is 14.5. The number of halogens is 1. The Bertz CT molecular complexity index is 735. The van der Waals surface area contributed by atoms with E-state index in [1.54, 1.807) is 0 Å². The summed E-state index contributed by atoms with van der Waals surface area (Å²) in [5.74, 6) is 0.127. The van der Waals surface area contributed by atoms with Crippen LogP contribution >= 0.6 is 0 Å². The zero-order valence-electron chi connectivity index (χ0n) is 11.2. The quantitative estimate of drug-likeness (QED) is 0.463. The summed E-state index contributed by atoms with van der Waals surface area (Å²) in [4.78, 5) is 12.2. The summed E-state index contributed by atoms with van der Waals surface area (Å²) in [7, 11) is 1.99. The molecule has 102 valence electrons. The maximum atomic E-state index is 12.2. The van der Waals surface area contributed by atoms with Crippen molar-refractivity contribution in [3.63, 3.8) is 0 Å². The largest absolute Gasteiger partial charge is 1.00 e. The molecule has 0 saturated heterocycles. The van der Waals surface area contributed by atoms with Crippen LogP contribution in [-0.2, 0) is 13.6 Å². The third kappa shape index (κ3) is 2.65. The van der Waals surface area contributed by atoms with E-state index in [1.807, 2.05) is 71.0 Å². The molecule has 0 saturated carbocycles. The fourth-order valence-electron chi connectivity index (χ4n) is 2.33. The molecule has 0 bridgehead atoms. The summed E-state index contributed by atoms with van der Waals surface area (Å²) in [6.45, 7) is 0.366. The Kier molecular flexibility index (Phi) is 4.35. The van der Waals surface area contributed by atoms with Gasteiger partial charge in [0.05, 0.1) is 7.05 Å². The predicted octanol–water partition coefficient (Wildman–Crippen LogP) is -0.647. The Morgan fingerprint density at radius 3 is 2.45 bits per heavy atom. The molecule has 1 aromatic heterocycles. The topological polar surface area (TPSA) is 25.9 Å². The molecule has 0 atom stereocenters. The molecule has 0 radical (unpaired) electrons. The minimum Gasteiger partial charge on any atom is -1.00 e. The number of carbonyl (C=O) groups excluding carboxylic acids is 1. The fraction of sp³-hybridized carbons (Fsp3) is 0.125. The highest BCUT2D eigenvalue weighted by Gasteiger charge is 2.16. The van der Waals surface area contributed by atoms with E-state index in [1.165, 1.54) is 0 Å². The number of imidazole rings is 1. The second-order valence-corrected chi connectivity index (χ2v) is 4.63. The fourth-order valence-corrected chi connectivity index (χ4v) is 2.33. The van der Waals surface area contributed by atoms with Crippen molar-refractivity contribution in [2.24, 2.45) is 7.05 Å². The normalized spacial score (nSPS) is 10.2. The minimum absolute atomic E-state index is 0. The number of rotatable bonds is 3. The predicted molar refractivity (Wildman–Crippen MR) is 73.9 cm³/mol. The van der Waals surface area contributed by atoms with Gasteiger partial charge in [-0.25, -0.2) is 9.13 Å². The molecule has 3 aromatic rings. The number of fused-ring (bicyclic) bond motifs is 1. The molecule has 3 nitrogen and oxygen atoms in total. The van der Waals surface area contributed by atoms with Crippen LogP contribution in [0.2, 0.25) is 0 Å². The van der Waals surface area contributed by atoms with Gasteiger partial charge >= 0.3 is 0 Å². The molecule has 3 rings (SSSR count). The zero-order chi connectivity index (χ0) is 13.2. The van der Waals surface area contributed by atoms with Crippen LogP contribution in [0, 0.1) is 0 Å². The number of benzene rings is 2. The van der Waals surface area contributed by atoms with Crippen LogP contribution in [0.5, 0.6) is 0 Å². The van der Waals surface area contributed by atoms with Crippen molar-refractivity contribution in [3.8, 4) is 0 Å². The third-order valence-electron chi connectivity index (χ3n) is 3.29. The molecular formula is C16H15BrN2O. The van der Waals surface area contributed by atoms with Gasteiger partial charge in [-0.15, -0.1) is 0 Å². The van der Waals surface area contributed by atoms with Crippen LogP contribution in [0.15, 0.2) is 60.9 Å². The number of para-hydroxylation sites is 2. The minimum atomic E-state index is 0. The van der Waals surface area contributed by atoms with E-state index in [0.29, 0.717) is 6.54 Å². The van der Waals surface area contributed by atoms with E-state index in [4.69, 9.17) is 0 Å². The van der Waals surface area contributed by atoms with Gasteiger partial charge in [-0.3, -0.25) is 4.79 Å². The molecule has 0 aliphatic carbocycles. The smallest absolute Gasteiger partial charge is 0.244 e. The number of carbonyl (C=O) groups is 1. The summed E-state index contributed by atoms with van der Waals surface area (Å²) in [5, 5.41) is 0. The van der Waals surface area contributed by atoms with E-state index < -0.39 is 0 Å². The molecule has 0 unspecified atom stereocenters. The maximum Gasteiger partial charge on any atom is 0.244 e. The summed E-state index contributed by atoms with van der Waals surface area (Å²) in [6, 6.07) is 17.5. The Morgan fingerprint density at radius 1 is 1.05 bits per heavy atom. The number of Topliss-reactive ketones (excluding diaryl/α,β-unsaturated/α-hetero) is 1. The molecular weight excluding hydrogens is 316 g/mol. The molecule has 20 heavy (non-hydrogen) atoms. The Labute approximate surface area is 128 Å². The molecule has 0 aliphatic heterocycles. The Hall–Kier alpha value is -1.94. The van der Waals surface area contributed by atoms with Crippen LogP contribution in [0.3, 0.4) is 0 Å². The van der Waals surface area contributed by atoms with Gasteiger partial charge in [0.1, 0.15) is 0 Å². The highest BCUT2D eigenvalue weighted by Crippen LogP contribution is 2.11. The van der Waals surface area contributed by atoms with E-state index >= 15 is 0 Å². The number of ketones is 1. The Morgan fingerprint density at radius 2 is 1.70 bits per heavy atom. The van der Waals surface area contributed by atoms with Crippen LogP contribution in [-0.4, -0.2) is 10.4 Å². The summed E-state index contributed by atoms with van der Waals surface area (Å²) in [6.07, 6.45) is 1.96. The Balaban J connectivity index is 0.00000147. The first-order valence-corrected chi connectivity index (χ1v) is 6.27. The third-order valence-corrected chi connectivity index (χ3v) is 3.29. The molecule has 2 aromatic carbocycles. The van der Waals surface area contributed by atoms with Gasteiger partial charge in [0, 0.05) is 5.56 Å². The lowest BCUT2D eigenvalue weighted by Crippen LogP contribution is -3.00. The van der Waals surface area contributed by atoms with E-state index in [9.17, 15) is 4.79 Å². The average Bonchev–Trinajstić information content (AvgIpc) is 2.77. The molecule has 0 amide bonds. The van der Waals surface area contributed by atoms with Gasteiger partial charge in [-0.2, -0.15) is 0 Å². The van der Waals surface area contributed by atoms with Crippen molar-refractivity contribution in [1.29, 1.82) is 0 Å². The lowest BCUT2D eigenvalue weighted by molar-refractivity contribution is -0.645. The van der Waals surface area contributed by atoms with E-state index in [2.05, 4.69) is 6.07 Å². The summed E-state index contributed by atoms with van der Waals surface area (Å²) < 4.78 is 4.03. The van der Waals surface area contributed by atoms with Crippen LogP contribution in [0.4, 0.5) is 0 Å². The standard InChI is InChI=1S/C16H15N2O.BrH/c1-17-12-18(15-10-6-5-9-14(15)17)11-16(19)13-7-3-2-4-8-13;/h2-10,12H,11H2,1H3;1H/q+1;/p-1. The number of hydrogen-bond acceptors (Lipinski definition) is 1. The van der Waals surface area contributed by atoms with E-state index in [-0.39, 0.29) is 22.8 Å². The number of aryl methyl sites for hydroxylation is 1.